The molecule has 0 bridgehead atoms. The van der Waals surface area contributed by atoms with Crippen molar-refractivity contribution in [2.24, 2.45) is 0 Å². The predicted molar refractivity (Wildman–Crippen MR) is 101 cm³/mol. The molecule has 3 rings (SSSR count). The lowest BCUT2D eigenvalue weighted by atomic mass is 10.3. The van der Waals surface area contributed by atoms with Crippen molar-refractivity contribution in [3.8, 4) is 0 Å². The fourth-order valence-corrected chi connectivity index (χ4v) is 3.99. The van der Waals surface area contributed by atoms with E-state index in [1.807, 2.05) is 12.1 Å². The summed E-state index contributed by atoms with van der Waals surface area (Å²) in [5, 5.41) is 14.1. The molecule has 0 aliphatic carbocycles. The Bertz CT molecular complexity index is 888. The number of halogens is 2. The summed E-state index contributed by atoms with van der Waals surface area (Å²) in [6, 6.07) is 7.75. The van der Waals surface area contributed by atoms with E-state index in [-0.39, 0.29) is 16.6 Å². The van der Waals surface area contributed by atoms with E-state index in [4.69, 9.17) is 16.0 Å². The average molecular weight is 413 g/mol. The Labute approximate surface area is 162 Å². The van der Waals surface area contributed by atoms with Crippen LogP contribution < -0.4 is 10.6 Å². The van der Waals surface area contributed by atoms with Crippen LogP contribution >= 0.6 is 34.7 Å². The molecule has 26 heavy (non-hydrogen) atoms. The summed E-state index contributed by atoms with van der Waals surface area (Å²) in [6.45, 7) is 2.21. The van der Waals surface area contributed by atoms with Gasteiger partial charge in [-0.15, -0.1) is 10.2 Å². The lowest BCUT2D eigenvalue weighted by Gasteiger charge is -2.11. The highest BCUT2D eigenvalue weighted by Crippen LogP contribution is 2.30. The van der Waals surface area contributed by atoms with Crippen molar-refractivity contribution >= 4 is 51.4 Å². The molecule has 6 nitrogen and oxygen atoms in total. The van der Waals surface area contributed by atoms with Gasteiger partial charge in [0.15, 0.2) is 4.34 Å². The highest BCUT2D eigenvalue weighted by atomic mass is 35.5. The smallest absolute Gasteiger partial charge is 0.237 e. The van der Waals surface area contributed by atoms with Crippen molar-refractivity contribution in [3.63, 3.8) is 0 Å². The second-order valence-electron chi connectivity index (χ2n) is 5.18. The quantitative estimate of drug-likeness (QED) is 0.549. The molecule has 1 amide bonds. The van der Waals surface area contributed by atoms with Gasteiger partial charge in [0.2, 0.25) is 11.0 Å². The van der Waals surface area contributed by atoms with Crippen LogP contribution in [0.2, 0.25) is 5.02 Å². The second kappa shape index (κ2) is 8.52. The minimum Gasteiger partial charge on any atom is -0.467 e. The molecule has 136 valence electrons. The van der Waals surface area contributed by atoms with Crippen molar-refractivity contribution in [1.82, 2.24) is 10.2 Å². The summed E-state index contributed by atoms with van der Waals surface area (Å²) in [5.74, 6) is -0.132. The molecule has 2 N–H and O–H groups in total. The summed E-state index contributed by atoms with van der Waals surface area (Å²) in [6.07, 6.45) is 1.60. The van der Waals surface area contributed by atoms with E-state index in [9.17, 15) is 9.18 Å². The number of rotatable bonds is 7. The van der Waals surface area contributed by atoms with Crippen LogP contribution in [0.3, 0.4) is 0 Å². The number of nitrogens with zero attached hydrogens (tertiary/aromatic N) is 2. The van der Waals surface area contributed by atoms with Gasteiger partial charge in [0, 0.05) is 5.02 Å². The zero-order valence-electron chi connectivity index (χ0n) is 13.5. The Balaban J connectivity index is 1.53. The minimum absolute atomic E-state index is 0.0879. The van der Waals surface area contributed by atoms with Gasteiger partial charge in [0.25, 0.3) is 0 Å². The summed E-state index contributed by atoms with van der Waals surface area (Å²) in [7, 11) is 0. The van der Waals surface area contributed by atoms with Crippen molar-refractivity contribution in [2.75, 3.05) is 10.6 Å². The van der Waals surface area contributed by atoms with Crippen LogP contribution in [-0.4, -0.2) is 21.4 Å². The number of hydrogen-bond acceptors (Lipinski definition) is 7. The van der Waals surface area contributed by atoms with Crippen LogP contribution in [-0.2, 0) is 11.3 Å². The van der Waals surface area contributed by atoms with E-state index in [2.05, 4.69) is 20.8 Å². The van der Waals surface area contributed by atoms with E-state index < -0.39 is 11.1 Å². The molecule has 1 atom stereocenters. The maximum atomic E-state index is 13.8. The molecule has 0 spiro atoms. The Hall–Kier alpha value is -2.10. The third kappa shape index (κ3) is 4.96. The normalized spacial score (nSPS) is 12.0. The Kier molecular flexibility index (Phi) is 6.12. The predicted octanol–water partition coefficient (Wildman–Crippen LogP) is 4.66. The zero-order valence-corrected chi connectivity index (χ0v) is 15.9. The first-order chi connectivity index (χ1) is 12.5. The number of nitrogens with one attached hydrogen (secondary N) is 2. The van der Waals surface area contributed by atoms with Crippen LogP contribution in [0.1, 0.15) is 12.7 Å². The van der Waals surface area contributed by atoms with Crippen LogP contribution in [0.15, 0.2) is 45.4 Å². The molecule has 1 aromatic carbocycles. The molecule has 2 heterocycles. The molecule has 0 saturated carbocycles. The number of thioether (sulfide) groups is 1. The monoisotopic (exact) mass is 412 g/mol. The van der Waals surface area contributed by atoms with Gasteiger partial charge in [0.1, 0.15) is 11.6 Å². The number of aromatic nitrogens is 2. The van der Waals surface area contributed by atoms with Gasteiger partial charge < -0.3 is 15.1 Å². The number of hydrogen-bond donors (Lipinski definition) is 2. The van der Waals surface area contributed by atoms with Gasteiger partial charge in [-0.1, -0.05) is 34.7 Å². The van der Waals surface area contributed by atoms with Gasteiger partial charge >= 0.3 is 0 Å². The molecule has 1 unspecified atom stereocenters. The van der Waals surface area contributed by atoms with Gasteiger partial charge in [-0.3, -0.25) is 4.79 Å². The third-order valence-electron chi connectivity index (χ3n) is 3.24. The average Bonchev–Trinajstić information content (AvgIpc) is 3.27. The SMILES string of the molecule is CC(Sc1nnc(NCc2ccco2)s1)C(=O)Nc1ccc(Cl)cc1F. The summed E-state index contributed by atoms with van der Waals surface area (Å²) in [5.41, 5.74) is 0.0879. The molecule has 0 saturated heterocycles. The number of benzene rings is 1. The molecular formula is C16H14ClFN4O2S2. The van der Waals surface area contributed by atoms with E-state index >= 15 is 0 Å². The van der Waals surface area contributed by atoms with Crippen LogP contribution in [0, 0.1) is 5.82 Å². The first-order valence-electron chi connectivity index (χ1n) is 7.53. The highest BCUT2D eigenvalue weighted by molar-refractivity contribution is 8.02. The fraction of sp³-hybridized carbons (Fsp3) is 0.188. The Morgan fingerprint density at radius 3 is 3.00 bits per heavy atom. The molecule has 3 aromatic rings. The second-order valence-corrected chi connectivity index (χ2v) is 8.18. The molecule has 0 fully saturated rings. The number of carbonyl (C=O) groups excluding carboxylic acids is 1. The topological polar surface area (TPSA) is 80.1 Å². The maximum absolute atomic E-state index is 13.8. The summed E-state index contributed by atoms with van der Waals surface area (Å²) >= 11 is 8.27. The van der Waals surface area contributed by atoms with E-state index in [0.29, 0.717) is 16.0 Å². The first kappa shape index (κ1) is 18.7. The largest absolute Gasteiger partial charge is 0.467 e. The molecule has 0 aliphatic heterocycles. The van der Waals surface area contributed by atoms with Gasteiger partial charge in [-0.05, 0) is 37.3 Å². The summed E-state index contributed by atoms with van der Waals surface area (Å²) in [4.78, 5) is 12.2. The van der Waals surface area contributed by atoms with Crippen molar-refractivity contribution in [2.45, 2.75) is 23.1 Å². The fourth-order valence-electron chi connectivity index (χ4n) is 1.93. The maximum Gasteiger partial charge on any atom is 0.237 e. The number of carbonyl (C=O) groups is 1. The number of furan rings is 1. The standard InChI is InChI=1S/C16H14ClFN4O2S2/c1-9(14(23)20-13-5-4-10(17)7-12(13)18)25-16-22-21-15(26-16)19-8-11-3-2-6-24-11/h2-7,9H,8H2,1H3,(H,19,21)(H,20,23). The Morgan fingerprint density at radius 1 is 1.42 bits per heavy atom. The van der Waals surface area contributed by atoms with E-state index in [1.165, 1.54) is 35.2 Å². The molecule has 2 aromatic heterocycles. The van der Waals surface area contributed by atoms with Crippen LogP contribution in [0.4, 0.5) is 15.2 Å². The lowest BCUT2D eigenvalue weighted by Crippen LogP contribution is -2.22. The number of amides is 1. The van der Waals surface area contributed by atoms with Crippen molar-refractivity contribution < 1.29 is 13.6 Å². The minimum atomic E-state index is -0.580. The summed E-state index contributed by atoms with van der Waals surface area (Å²) < 4.78 is 19.6. The molecule has 0 aliphatic rings. The Morgan fingerprint density at radius 2 is 2.27 bits per heavy atom. The van der Waals surface area contributed by atoms with Gasteiger partial charge in [-0.2, -0.15) is 0 Å². The first-order valence-corrected chi connectivity index (χ1v) is 9.61. The molecule has 10 heteroatoms. The van der Waals surface area contributed by atoms with Crippen LogP contribution in [0.5, 0.6) is 0 Å². The van der Waals surface area contributed by atoms with Gasteiger partial charge in [0.05, 0.1) is 23.7 Å². The lowest BCUT2D eigenvalue weighted by molar-refractivity contribution is -0.115. The number of anilines is 2. The van der Waals surface area contributed by atoms with Crippen molar-refractivity contribution in [1.29, 1.82) is 0 Å². The molecular weight excluding hydrogens is 399 g/mol. The van der Waals surface area contributed by atoms with E-state index in [0.717, 1.165) is 11.8 Å². The third-order valence-corrected chi connectivity index (χ3v) is 5.54. The van der Waals surface area contributed by atoms with Gasteiger partial charge in [-0.25, -0.2) is 4.39 Å². The van der Waals surface area contributed by atoms with E-state index in [1.54, 1.807) is 13.2 Å². The van der Waals surface area contributed by atoms with Crippen molar-refractivity contribution in [3.05, 3.63) is 53.2 Å². The zero-order chi connectivity index (χ0) is 18.5. The molecule has 0 radical (unpaired) electrons. The van der Waals surface area contributed by atoms with Crippen LogP contribution in [0.25, 0.3) is 0 Å². The highest BCUT2D eigenvalue weighted by Gasteiger charge is 2.18.